The monoisotopic (exact) mass is 724 g/mol. The van der Waals surface area contributed by atoms with Crippen LogP contribution in [0.1, 0.15) is 51.4 Å². The number of carbonyl (C=O) groups excluding carboxylic acids is 3. The Bertz CT molecular complexity index is 2020. The van der Waals surface area contributed by atoms with E-state index in [4.69, 9.17) is 14.9 Å². The minimum Gasteiger partial charge on any atom is -0.506 e. The topological polar surface area (TPSA) is 186 Å². The van der Waals surface area contributed by atoms with Crippen molar-refractivity contribution in [2.45, 2.75) is 63.5 Å². The summed E-state index contributed by atoms with van der Waals surface area (Å²) in [5, 5.41) is 9.47. The number of phenols is 1. The zero-order valence-electron chi connectivity index (χ0n) is 27.6. The van der Waals surface area contributed by atoms with Crippen molar-refractivity contribution in [3.63, 3.8) is 0 Å². The quantitative estimate of drug-likeness (QED) is 0.0988. The van der Waals surface area contributed by atoms with E-state index in [0.29, 0.717) is 40.3 Å². The number of rotatable bonds is 4. The van der Waals surface area contributed by atoms with Crippen LogP contribution in [0.3, 0.4) is 0 Å². The highest BCUT2D eigenvalue weighted by atomic mass is 35.5. The lowest BCUT2D eigenvalue weighted by molar-refractivity contribution is 0.192. The summed E-state index contributed by atoms with van der Waals surface area (Å²) in [4.78, 5) is 60.1. The van der Waals surface area contributed by atoms with E-state index in [0.717, 1.165) is 36.8 Å². The van der Waals surface area contributed by atoms with Crippen LogP contribution in [0.5, 0.6) is 5.75 Å². The fraction of sp³-hybridized carbons (Fsp3) is 0.353. The van der Waals surface area contributed by atoms with Gasteiger partial charge in [-0.1, -0.05) is 25.7 Å². The van der Waals surface area contributed by atoms with Crippen molar-refractivity contribution in [2.75, 3.05) is 19.8 Å². The first-order valence-corrected chi connectivity index (χ1v) is 16.9. The summed E-state index contributed by atoms with van der Waals surface area (Å²) in [7, 11) is 3.69. The lowest BCUT2D eigenvalue weighted by Gasteiger charge is -2.23. The second-order valence-electron chi connectivity index (χ2n) is 12.2. The molecule has 0 spiro atoms. The van der Waals surface area contributed by atoms with Crippen molar-refractivity contribution in [1.82, 2.24) is 33.9 Å². The number of nitrogens with two attached hydrogens (primary N) is 1. The SMILES string of the molecule is CN(C(=O)n1cnc(-c2ccc(O)c(N)c2)c1)C1CCCC1.CN(C(=O)n1cnc(-c2ccc3oc(=O)[nH]c3c2)c1)C1CCCC1.O=C(Cl)Cl. The summed E-state index contributed by atoms with van der Waals surface area (Å²) < 4.78 is 7.11. The second-order valence-corrected chi connectivity index (χ2v) is 13.1. The molecule has 14 nitrogen and oxygen atoms in total. The van der Waals surface area contributed by atoms with Gasteiger partial charge in [0, 0.05) is 49.7 Å². The van der Waals surface area contributed by atoms with Crippen molar-refractivity contribution < 1.29 is 23.9 Å². The van der Waals surface area contributed by atoms with Crippen molar-refractivity contribution in [1.29, 1.82) is 0 Å². The van der Waals surface area contributed by atoms with Crippen LogP contribution in [0.4, 0.5) is 20.1 Å². The number of imidazole rings is 2. The number of nitrogens with zero attached hydrogens (tertiary/aromatic N) is 6. The molecule has 16 heteroatoms. The third-order valence-corrected chi connectivity index (χ3v) is 8.99. The summed E-state index contributed by atoms with van der Waals surface area (Å²) in [5.74, 6) is -0.443. The van der Waals surface area contributed by atoms with E-state index in [1.54, 1.807) is 46.5 Å². The number of nitrogen functional groups attached to an aromatic ring is 1. The fourth-order valence-corrected chi connectivity index (χ4v) is 6.24. The van der Waals surface area contributed by atoms with Crippen LogP contribution in [0.15, 0.2) is 70.7 Å². The number of aromatic nitrogens is 5. The number of fused-ring (bicyclic) bond motifs is 1. The van der Waals surface area contributed by atoms with Crippen molar-refractivity contribution in [3.8, 4) is 28.3 Å². The number of aromatic hydroxyl groups is 1. The molecule has 5 aromatic rings. The molecule has 4 N–H and O–H groups in total. The van der Waals surface area contributed by atoms with E-state index >= 15 is 0 Å². The lowest BCUT2D eigenvalue weighted by Crippen LogP contribution is -2.37. The molecule has 264 valence electrons. The number of anilines is 1. The molecule has 2 aliphatic rings. The van der Waals surface area contributed by atoms with Crippen LogP contribution in [0.2, 0.25) is 0 Å². The number of nitrogens with one attached hydrogen (secondary N) is 1. The Hall–Kier alpha value is -5.08. The summed E-state index contributed by atoms with van der Waals surface area (Å²) in [5.41, 5.74) is 10.0. The highest BCUT2D eigenvalue weighted by Crippen LogP contribution is 2.28. The zero-order chi connectivity index (χ0) is 35.9. The molecular weight excluding hydrogens is 687 g/mol. The van der Waals surface area contributed by atoms with Gasteiger partial charge < -0.3 is 25.1 Å². The van der Waals surface area contributed by atoms with Gasteiger partial charge in [-0.3, -0.25) is 18.9 Å². The average Bonchev–Trinajstić information content (AvgIpc) is 3.94. The molecule has 0 radical (unpaired) electrons. The summed E-state index contributed by atoms with van der Waals surface area (Å²) in [6, 6.07) is 10.7. The van der Waals surface area contributed by atoms with Crippen LogP contribution >= 0.6 is 23.2 Å². The molecular formula is C34H38Cl2N8O6. The van der Waals surface area contributed by atoms with E-state index in [-0.39, 0.29) is 17.8 Å². The standard InChI is InChI=1S/C17H18N4O3.C16H20N4O2.CCl2O/c1-20(12-4-2-3-5-12)17(23)21-9-14(18-10-21)11-6-7-15-13(8-11)19-16(22)24-15;1-19(12-4-2-3-5-12)16(22)20-9-14(18-10-20)11-6-7-15(21)13(17)8-11;2-1(3)4/h6-10,12H,2-5H2,1H3,(H,19,22);6-10,12,21H,2-5,17H2,1H3;. The maximum atomic E-state index is 12.6. The van der Waals surface area contributed by atoms with E-state index in [1.165, 1.54) is 53.5 Å². The Balaban J connectivity index is 0.000000176. The predicted molar refractivity (Wildman–Crippen MR) is 191 cm³/mol. The summed E-state index contributed by atoms with van der Waals surface area (Å²) >= 11 is 8.80. The minimum atomic E-state index is -0.889. The number of halogens is 2. The van der Waals surface area contributed by atoms with Crippen molar-refractivity contribution in [3.05, 3.63) is 72.0 Å². The summed E-state index contributed by atoms with van der Waals surface area (Å²) in [6.45, 7) is 0. The van der Waals surface area contributed by atoms with Gasteiger partial charge in [0.15, 0.2) is 5.58 Å². The number of carbonyl (C=O) groups is 3. The van der Waals surface area contributed by atoms with Gasteiger partial charge in [0.2, 0.25) is 0 Å². The Morgan fingerprint density at radius 1 is 0.840 bits per heavy atom. The number of aromatic amines is 1. The van der Waals surface area contributed by atoms with Crippen LogP contribution in [-0.2, 0) is 0 Å². The van der Waals surface area contributed by atoms with Gasteiger partial charge in [-0.05, 0) is 85.3 Å². The molecule has 0 bridgehead atoms. The van der Waals surface area contributed by atoms with Gasteiger partial charge >= 0.3 is 22.5 Å². The Kier molecular flexibility index (Phi) is 11.6. The average molecular weight is 726 g/mol. The van der Waals surface area contributed by atoms with Gasteiger partial charge in [-0.15, -0.1) is 0 Å². The smallest absolute Gasteiger partial charge is 0.417 e. The first-order valence-electron chi connectivity index (χ1n) is 16.1. The normalized spacial score (nSPS) is 14.5. The number of oxazole rings is 1. The second kappa shape index (κ2) is 16.1. The van der Waals surface area contributed by atoms with Crippen LogP contribution < -0.4 is 11.5 Å². The molecule has 7 rings (SSSR count). The number of hydrogen-bond acceptors (Lipinski definition) is 9. The number of benzene rings is 2. The molecule has 2 aromatic carbocycles. The maximum absolute atomic E-state index is 12.6. The summed E-state index contributed by atoms with van der Waals surface area (Å²) in [6.07, 6.45) is 15.5. The third kappa shape index (κ3) is 8.74. The van der Waals surface area contributed by atoms with Crippen LogP contribution in [-0.4, -0.2) is 81.9 Å². The first kappa shape index (κ1) is 36.2. The van der Waals surface area contributed by atoms with E-state index in [9.17, 15) is 19.5 Å². The van der Waals surface area contributed by atoms with E-state index < -0.39 is 10.5 Å². The molecule has 2 amide bonds. The van der Waals surface area contributed by atoms with Crippen LogP contribution in [0, 0.1) is 0 Å². The maximum Gasteiger partial charge on any atom is 0.417 e. The predicted octanol–water partition coefficient (Wildman–Crippen LogP) is 7.09. The molecule has 0 atom stereocenters. The zero-order valence-corrected chi connectivity index (χ0v) is 29.1. The number of amides is 2. The molecule has 0 aliphatic heterocycles. The Labute approximate surface area is 297 Å². The molecule has 0 unspecified atom stereocenters. The highest BCUT2D eigenvalue weighted by molar-refractivity contribution is 6.93. The largest absolute Gasteiger partial charge is 0.506 e. The van der Waals surface area contributed by atoms with E-state index in [1.807, 2.05) is 20.2 Å². The number of hydrogen-bond donors (Lipinski definition) is 3. The van der Waals surface area contributed by atoms with Gasteiger partial charge in [-0.2, -0.15) is 0 Å². The number of H-pyrrole nitrogens is 1. The van der Waals surface area contributed by atoms with Gasteiger partial charge in [-0.25, -0.2) is 24.4 Å². The van der Waals surface area contributed by atoms with E-state index in [2.05, 4.69) is 38.2 Å². The molecule has 2 saturated carbocycles. The molecule has 2 aliphatic carbocycles. The molecule has 3 heterocycles. The van der Waals surface area contributed by atoms with Gasteiger partial charge in [0.05, 0.1) is 22.6 Å². The first-order chi connectivity index (χ1) is 23.9. The Morgan fingerprint density at radius 3 is 1.78 bits per heavy atom. The minimum absolute atomic E-state index is 0.0419. The molecule has 50 heavy (non-hydrogen) atoms. The fourth-order valence-electron chi connectivity index (χ4n) is 6.24. The highest BCUT2D eigenvalue weighted by Gasteiger charge is 2.26. The lowest BCUT2D eigenvalue weighted by atomic mass is 10.1. The van der Waals surface area contributed by atoms with Crippen LogP contribution in [0.25, 0.3) is 33.6 Å². The van der Waals surface area contributed by atoms with Gasteiger partial charge in [0.1, 0.15) is 18.4 Å². The van der Waals surface area contributed by atoms with Crippen molar-refractivity contribution >= 4 is 56.8 Å². The Morgan fingerprint density at radius 2 is 1.30 bits per heavy atom. The third-order valence-electron chi connectivity index (χ3n) is 8.99. The molecule has 0 saturated heterocycles. The number of phenolic OH excluding ortho intramolecular Hbond substituents is 1. The molecule has 3 aromatic heterocycles. The van der Waals surface area contributed by atoms with Gasteiger partial charge in [0.25, 0.3) is 0 Å². The molecule has 2 fully saturated rings. The van der Waals surface area contributed by atoms with Crippen molar-refractivity contribution in [2.24, 2.45) is 0 Å².